The van der Waals surface area contributed by atoms with E-state index in [-0.39, 0.29) is 6.04 Å². The Morgan fingerprint density at radius 1 is 1.27 bits per heavy atom. The summed E-state index contributed by atoms with van der Waals surface area (Å²) in [5, 5.41) is 11.4. The van der Waals surface area contributed by atoms with Gasteiger partial charge >= 0.3 is 0 Å². The Kier molecular flexibility index (Phi) is 6.25. The van der Waals surface area contributed by atoms with Crippen LogP contribution < -0.4 is 10.1 Å². The maximum atomic E-state index is 5.62. The van der Waals surface area contributed by atoms with Gasteiger partial charge in [-0.3, -0.25) is 10.1 Å². The molecule has 3 heterocycles. The lowest BCUT2D eigenvalue weighted by molar-refractivity contribution is 0.144. The molecule has 0 bridgehead atoms. The first-order chi connectivity index (χ1) is 14.6. The van der Waals surface area contributed by atoms with Gasteiger partial charge in [0.05, 0.1) is 29.4 Å². The smallest absolute Gasteiger partial charge is 0.242 e. The zero-order chi connectivity index (χ0) is 20.9. The Labute approximate surface area is 176 Å². The number of aromatic amines is 1. The van der Waals surface area contributed by atoms with Crippen molar-refractivity contribution < 1.29 is 9.47 Å². The fourth-order valence-corrected chi connectivity index (χ4v) is 3.89. The molecule has 1 aliphatic rings. The summed E-state index contributed by atoms with van der Waals surface area (Å²) in [4.78, 5) is 11.8. The zero-order valence-corrected chi connectivity index (χ0v) is 17.6. The van der Waals surface area contributed by atoms with E-state index in [1.165, 1.54) is 5.56 Å². The van der Waals surface area contributed by atoms with E-state index in [9.17, 15) is 0 Å². The van der Waals surface area contributed by atoms with Crippen LogP contribution in [0.4, 0.5) is 5.82 Å². The van der Waals surface area contributed by atoms with Crippen LogP contribution in [0.15, 0.2) is 47.6 Å². The van der Waals surface area contributed by atoms with Gasteiger partial charge in [0.2, 0.25) is 5.88 Å². The third-order valence-electron chi connectivity index (χ3n) is 5.31. The largest absolute Gasteiger partial charge is 0.474 e. The number of ether oxygens (including phenoxy) is 2. The molecule has 0 amide bonds. The lowest BCUT2D eigenvalue weighted by Gasteiger charge is -2.16. The van der Waals surface area contributed by atoms with Crippen LogP contribution in [0, 0.1) is 0 Å². The Bertz CT molecular complexity index is 1000. The number of anilines is 1. The molecule has 2 unspecified atom stereocenters. The van der Waals surface area contributed by atoms with Gasteiger partial charge in [0.15, 0.2) is 0 Å². The van der Waals surface area contributed by atoms with Gasteiger partial charge in [-0.15, -0.1) is 5.10 Å². The zero-order valence-electron chi connectivity index (χ0n) is 17.6. The summed E-state index contributed by atoms with van der Waals surface area (Å²) in [6.07, 6.45) is 1.76. The minimum Gasteiger partial charge on any atom is -0.474 e. The van der Waals surface area contributed by atoms with Crippen LogP contribution in [0.2, 0.25) is 0 Å². The molecule has 0 radical (unpaired) electrons. The van der Waals surface area contributed by atoms with Crippen molar-refractivity contribution in [3.63, 3.8) is 0 Å². The minimum atomic E-state index is 0.210. The van der Waals surface area contributed by atoms with E-state index in [0.717, 1.165) is 35.6 Å². The van der Waals surface area contributed by atoms with Gasteiger partial charge in [0.25, 0.3) is 0 Å². The van der Waals surface area contributed by atoms with Crippen LogP contribution in [0.5, 0.6) is 5.88 Å². The average Bonchev–Trinajstić information content (AvgIpc) is 3.31. The summed E-state index contributed by atoms with van der Waals surface area (Å²) in [6.45, 7) is 4.89. The number of aliphatic imine (C=N–C) groups is 1. The molecule has 2 N–H and O–H groups in total. The number of fused-ring (bicyclic) bond motifs is 1. The molecule has 30 heavy (non-hydrogen) atoms. The highest BCUT2D eigenvalue weighted by molar-refractivity contribution is 5.95. The molecule has 2 aromatic heterocycles. The highest BCUT2D eigenvalue weighted by Crippen LogP contribution is 2.29. The highest BCUT2D eigenvalue weighted by atomic mass is 16.5. The summed E-state index contributed by atoms with van der Waals surface area (Å²) in [5.41, 5.74) is 2.19. The first kappa shape index (κ1) is 20.3. The number of benzene rings is 1. The van der Waals surface area contributed by atoms with Gasteiger partial charge in [-0.25, -0.2) is 4.98 Å². The average molecular weight is 409 g/mol. The molecular formula is C22H28N6O2. The van der Waals surface area contributed by atoms with Crippen molar-refractivity contribution in [2.75, 3.05) is 45.8 Å². The van der Waals surface area contributed by atoms with E-state index in [2.05, 4.69) is 62.8 Å². The molecule has 8 nitrogen and oxygen atoms in total. The molecule has 1 aromatic carbocycles. The number of likely N-dealkylation sites (N-methyl/N-ethyl adjacent to an activating group) is 1. The number of pyridine rings is 1. The predicted molar refractivity (Wildman–Crippen MR) is 118 cm³/mol. The minimum absolute atomic E-state index is 0.210. The molecule has 158 valence electrons. The predicted octanol–water partition coefficient (Wildman–Crippen LogP) is 2.91. The molecule has 0 aliphatic carbocycles. The summed E-state index contributed by atoms with van der Waals surface area (Å²) in [6, 6.07) is 12.7. The number of H-pyrrole nitrogens is 1. The molecule has 2 atom stereocenters. The van der Waals surface area contributed by atoms with E-state index in [0.29, 0.717) is 25.0 Å². The maximum Gasteiger partial charge on any atom is 0.242 e. The highest BCUT2D eigenvalue weighted by Gasteiger charge is 2.31. The number of methoxy groups -OCH3 is 1. The van der Waals surface area contributed by atoms with E-state index in [1.807, 2.05) is 13.0 Å². The lowest BCUT2D eigenvalue weighted by atomic mass is 9.95. The van der Waals surface area contributed by atoms with E-state index >= 15 is 0 Å². The van der Waals surface area contributed by atoms with Crippen LogP contribution in [-0.4, -0.2) is 72.4 Å². The normalized spacial score (nSPS) is 20.0. The van der Waals surface area contributed by atoms with Gasteiger partial charge < -0.3 is 19.7 Å². The number of hydrogen-bond donors (Lipinski definition) is 2. The second-order valence-corrected chi connectivity index (χ2v) is 7.63. The first-order valence-corrected chi connectivity index (χ1v) is 10.1. The number of nitrogens with one attached hydrogen (secondary N) is 2. The van der Waals surface area contributed by atoms with Crippen molar-refractivity contribution in [2.24, 2.45) is 4.99 Å². The number of hydrogen-bond acceptors (Lipinski definition) is 6. The Morgan fingerprint density at radius 3 is 2.90 bits per heavy atom. The van der Waals surface area contributed by atoms with Crippen LogP contribution in [0.1, 0.15) is 18.4 Å². The molecule has 1 aliphatic heterocycles. The summed E-state index contributed by atoms with van der Waals surface area (Å²) < 4.78 is 10.6. The maximum absolute atomic E-state index is 5.62. The van der Waals surface area contributed by atoms with Crippen LogP contribution >= 0.6 is 0 Å². The molecule has 4 rings (SSSR count). The Morgan fingerprint density at radius 2 is 2.10 bits per heavy atom. The van der Waals surface area contributed by atoms with Gasteiger partial charge in [-0.05, 0) is 19.5 Å². The van der Waals surface area contributed by atoms with Crippen molar-refractivity contribution in [1.82, 2.24) is 20.1 Å². The van der Waals surface area contributed by atoms with Crippen molar-refractivity contribution in [2.45, 2.75) is 18.9 Å². The Balaban J connectivity index is 1.46. The number of rotatable bonds is 7. The second-order valence-electron chi connectivity index (χ2n) is 7.63. The monoisotopic (exact) mass is 408 g/mol. The SMILES string of the molecule is COCCOc1n[nH]c2cc(NC(C)=NC3CN(C)CC3c3ccccc3)ncc12. The van der Waals surface area contributed by atoms with E-state index in [1.54, 1.807) is 13.3 Å². The van der Waals surface area contributed by atoms with Crippen molar-refractivity contribution in [3.05, 3.63) is 48.2 Å². The van der Waals surface area contributed by atoms with Gasteiger partial charge in [-0.2, -0.15) is 0 Å². The third-order valence-corrected chi connectivity index (χ3v) is 5.31. The number of nitrogens with zero attached hydrogens (tertiary/aromatic N) is 4. The third kappa shape index (κ3) is 4.60. The van der Waals surface area contributed by atoms with Crippen molar-refractivity contribution in [1.29, 1.82) is 0 Å². The molecule has 8 heteroatoms. The summed E-state index contributed by atoms with van der Waals surface area (Å²) in [7, 11) is 3.79. The quantitative estimate of drug-likeness (QED) is 0.355. The van der Waals surface area contributed by atoms with Gasteiger partial charge in [-0.1, -0.05) is 30.3 Å². The lowest BCUT2D eigenvalue weighted by Crippen LogP contribution is -2.20. The molecule has 0 saturated carbocycles. The van der Waals surface area contributed by atoms with Crippen molar-refractivity contribution in [3.8, 4) is 5.88 Å². The van der Waals surface area contributed by atoms with Gasteiger partial charge in [0.1, 0.15) is 12.4 Å². The molecule has 0 spiro atoms. The van der Waals surface area contributed by atoms with Crippen LogP contribution in [0.3, 0.4) is 0 Å². The van der Waals surface area contributed by atoms with Crippen molar-refractivity contribution >= 4 is 22.6 Å². The summed E-state index contributed by atoms with van der Waals surface area (Å²) in [5.74, 6) is 2.49. The van der Waals surface area contributed by atoms with Gasteiger partial charge in [0, 0.05) is 38.4 Å². The molecule has 1 saturated heterocycles. The first-order valence-electron chi connectivity index (χ1n) is 10.1. The number of amidine groups is 1. The van der Waals surface area contributed by atoms with Crippen LogP contribution in [-0.2, 0) is 4.74 Å². The molecule has 1 fully saturated rings. The Hall–Kier alpha value is -2.97. The number of aromatic nitrogens is 3. The molecular weight excluding hydrogens is 380 g/mol. The van der Waals surface area contributed by atoms with Crippen LogP contribution in [0.25, 0.3) is 10.9 Å². The number of likely N-dealkylation sites (tertiary alicyclic amines) is 1. The standard InChI is InChI=1S/C22H28N6O2/c1-15(24-20-14-28(2)13-18(20)16-7-5-4-6-8-16)25-21-11-19-17(12-23-21)22(27-26-19)30-10-9-29-3/h4-8,11-12,18,20H,9-10,13-14H2,1-3H3,(H,26,27)(H,23,24,25). The topological polar surface area (TPSA) is 87.7 Å². The fourth-order valence-electron chi connectivity index (χ4n) is 3.89. The van der Waals surface area contributed by atoms with E-state index < -0.39 is 0 Å². The second kappa shape index (κ2) is 9.23. The van der Waals surface area contributed by atoms with E-state index in [4.69, 9.17) is 14.5 Å². The molecule has 3 aromatic rings. The summed E-state index contributed by atoms with van der Waals surface area (Å²) >= 11 is 0. The fraction of sp³-hybridized carbons (Fsp3) is 0.409.